The molecule has 0 saturated heterocycles. The number of fused-ring (bicyclic) bond motifs is 4. The van der Waals surface area contributed by atoms with Crippen LogP contribution in [0.4, 0.5) is 0 Å². The first-order valence-corrected chi connectivity index (χ1v) is 25.0. The first-order valence-electron chi connectivity index (χ1n) is 25.0. The van der Waals surface area contributed by atoms with Gasteiger partial charge in [0.25, 0.3) is 0 Å². The minimum absolute atomic E-state index is 0.552. The highest BCUT2D eigenvalue weighted by Gasteiger charge is 2.61. The maximum atomic E-state index is 7.06. The monoisotopic (exact) mass is 966 g/mol. The maximum Gasteiger partial charge on any atom is 0.634 e. The summed E-state index contributed by atoms with van der Waals surface area (Å²) < 4.78 is 96.6. The Kier molecular flexibility index (Phi) is 5.28. The van der Waals surface area contributed by atoms with E-state index in [9.17, 15) is 0 Å². The Morgan fingerprint density at radius 2 is 0.387 bits per heavy atom. The van der Waals surface area contributed by atoms with E-state index in [4.69, 9.17) is 65.2 Å². The van der Waals surface area contributed by atoms with Crippen molar-refractivity contribution >= 4 is 88.1 Å². The molecule has 338 valence electrons. The quantitative estimate of drug-likeness (QED) is 0.200. The smallest absolute Gasteiger partial charge is 0.521 e. The molecule has 0 aromatic heterocycles. The minimum Gasteiger partial charge on any atom is -0.521 e. The molecule has 21 heteroatoms. The van der Waals surface area contributed by atoms with Gasteiger partial charge in [-0.25, -0.2) is 0 Å². The second-order valence-corrected chi connectivity index (χ2v) is 20.9. The molecule has 14 nitrogen and oxygen atoms in total. The molecule has 0 bridgehead atoms. The summed E-state index contributed by atoms with van der Waals surface area (Å²) in [6.07, 6.45) is 0. The van der Waals surface area contributed by atoms with E-state index >= 15 is 0 Å². The van der Waals surface area contributed by atoms with Gasteiger partial charge in [0.05, 0.1) is 0 Å². The van der Waals surface area contributed by atoms with Crippen molar-refractivity contribution < 1.29 is 65.2 Å². The molecule has 0 spiro atoms. The zero-order valence-corrected chi connectivity index (χ0v) is 38.1. The molecule has 0 atom stereocenters. The summed E-state index contributed by atoms with van der Waals surface area (Å²) in [5, 5.41) is 0. The number of hydrogen-bond acceptors (Lipinski definition) is 14. The van der Waals surface area contributed by atoms with E-state index in [1.807, 2.05) is 78.9 Å². The van der Waals surface area contributed by atoms with Crippen LogP contribution in [0.15, 0.2) is 103 Å². The van der Waals surface area contributed by atoms with E-state index in [1.54, 1.807) is 0 Å². The summed E-state index contributed by atoms with van der Waals surface area (Å²) >= 11 is 0. The second kappa shape index (κ2) is 11.1. The van der Waals surface area contributed by atoms with Crippen molar-refractivity contribution in [2.75, 3.05) is 0 Å². The Morgan fingerprint density at radius 3 is 0.667 bits per heavy atom. The average Bonchev–Trinajstić information content (AvgIpc) is 3.50. The van der Waals surface area contributed by atoms with Crippen LogP contribution >= 0.6 is 0 Å². The molecule has 0 unspecified atom stereocenters. The normalized spacial score (nSPS) is 17.0. The van der Waals surface area contributed by atoms with Crippen molar-refractivity contribution in [3.63, 3.8) is 0 Å². The van der Waals surface area contributed by atoms with Crippen LogP contribution in [0.1, 0.15) is 0 Å². The predicted octanol–water partition coefficient (Wildman–Crippen LogP) is 4.38. The molecular weight excluding hydrogens is 948 g/mol. The van der Waals surface area contributed by atoms with Gasteiger partial charge in [-0.05, 0) is 35.4 Å². The highest BCUT2D eigenvalue weighted by atomic mass is 16.6. The lowest BCUT2D eigenvalue weighted by atomic mass is 9.54. The number of rotatable bonds is 0. The molecule has 0 fully saturated rings. The van der Waals surface area contributed by atoms with Crippen LogP contribution in [0, 0.1) is 0 Å². The van der Waals surface area contributed by atoms with Gasteiger partial charge in [-0.2, -0.15) is 0 Å². The summed E-state index contributed by atoms with van der Waals surface area (Å²) in [7, 11) is -5.73. The van der Waals surface area contributed by atoms with Gasteiger partial charge in [0.2, 0.25) is 0 Å². The standard InChI is InChI=1S/C54H17B7O14/c1-3-7-22-18(5-1)20-9-11-24-36-38-26(66-55(62-22)48(20)36)13-30-40-42-28(68-57(64-24)50(38)40)15-32-44-46-34(74-59(70-30)52(42)44)17-35-47-45-33(73-61(72-32)54(46)47)16-29-43-41-31(71-60(75-35)53(43)45)14-27-39-37-25(65-58(69-29)51(39)41)12-10-21-19-6-2-4-8-23(19)63-56(67-27)49(21)37/h1-17H. The zero-order valence-electron chi connectivity index (χ0n) is 38.1. The van der Waals surface area contributed by atoms with Crippen LogP contribution < -0.4 is 103 Å². The summed E-state index contributed by atoms with van der Waals surface area (Å²) in [5.74, 6) is 8.63. The fraction of sp³-hybridized carbons (Fsp3) is 0. The molecule has 75 heavy (non-hydrogen) atoms. The van der Waals surface area contributed by atoms with Crippen LogP contribution in [0.25, 0.3) is 89.0 Å². The third-order valence-electron chi connectivity index (χ3n) is 17.7. The number of para-hydroxylation sites is 2. The van der Waals surface area contributed by atoms with Gasteiger partial charge in [0, 0.05) is 146 Å². The third kappa shape index (κ3) is 3.68. The fourth-order valence-electron chi connectivity index (χ4n) is 15.0. The SMILES string of the molecule is c1ccc2c(c1)OB1Oc3cc4c5c6c3-c3c(ccc-2c31)OB6Oc1cc2c3c(c1-5)B(O4)Oc1cc4c5c(c1-3)B(O2)Oc1cc2c3c(c1-5)B(Oc1cc5c6c(c1-3)B(Oc1ccc3c(c1-6)B(Oc1ccccc1-3)O5)O2)O4. The van der Waals surface area contributed by atoms with E-state index in [-0.39, 0.29) is 0 Å². The van der Waals surface area contributed by atoms with Gasteiger partial charge < -0.3 is 65.2 Å². The Balaban J connectivity index is 0.735. The van der Waals surface area contributed by atoms with Crippen molar-refractivity contribution in [2.45, 2.75) is 0 Å². The fourth-order valence-corrected chi connectivity index (χ4v) is 15.0. The summed E-state index contributed by atoms with van der Waals surface area (Å²) in [5.41, 5.74) is 20.5. The lowest BCUT2D eigenvalue weighted by molar-refractivity contribution is 0.397. The molecule has 0 N–H and O–H groups in total. The van der Waals surface area contributed by atoms with Gasteiger partial charge >= 0.3 is 49.8 Å². The Bertz CT molecular complexity index is 4320. The molecule has 9 aromatic carbocycles. The number of benzene rings is 9. The van der Waals surface area contributed by atoms with E-state index < -0.39 is 49.8 Å². The van der Waals surface area contributed by atoms with Crippen molar-refractivity contribution in [2.24, 2.45) is 0 Å². The average molecular weight is 965 g/mol. The van der Waals surface area contributed by atoms with Crippen molar-refractivity contribution in [1.82, 2.24) is 0 Å². The summed E-state index contributed by atoms with van der Waals surface area (Å²) in [6.45, 7) is 0. The molecule has 0 radical (unpaired) electrons. The van der Waals surface area contributed by atoms with E-state index in [0.717, 1.165) is 139 Å². The van der Waals surface area contributed by atoms with Gasteiger partial charge in [-0.1, -0.05) is 48.5 Å². The minimum atomic E-state index is -0.904. The van der Waals surface area contributed by atoms with Gasteiger partial charge in [0.1, 0.15) is 80.5 Å². The maximum absolute atomic E-state index is 7.06. The highest BCUT2D eigenvalue weighted by Crippen LogP contribution is 2.61. The third-order valence-corrected chi connectivity index (χ3v) is 17.7. The zero-order chi connectivity index (χ0) is 47.3. The molecule has 14 aliphatic heterocycles. The molecular formula is C54H17B7O14. The second-order valence-electron chi connectivity index (χ2n) is 20.9. The van der Waals surface area contributed by atoms with Gasteiger partial charge in [0.15, 0.2) is 0 Å². The largest absolute Gasteiger partial charge is 0.634 e. The first-order chi connectivity index (χ1) is 37.1. The molecule has 0 aliphatic carbocycles. The molecule has 9 aromatic rings. The van der Waals surface area contributed by atoms with Crippen LogP contribution in [0.5, 0.6) is 80.5 Å². The highest BCUT2D eigenvalue weighted by molar-refractivity contribution is 6.79. The van der Waals surface area contributed by atoms with Crippen molar-refractivity contribution in [3.05, 3.63) is 103 Å². The Labute approximate surface area is 424 Å². The van der Waals surface area contributed by atoms with E-state index in [1.165, 1.54) is 0 Å². The Morgan fingerprint density at radius 1 is 0.173 bits per heavy atom. The number of hydrogen-bond donors (Lipinski definition) is 0. The molecule has 0 saturated carbocycles. The van der Waals surface area contributed by atoms with Crippen LogP contribution in [0.2, 0.25) is 0 Å². The molecule has 0 amide bonds. The Hall–Kier alpha value is -9.37. The molecule has 23 rings (SSSR count). The van der Waals surface area contributed by atoms with Crippen LogP contribution in [-0.2, 0) is 0 Å². The van der Waals surface area contributed by atoms with Crippen LogP contribution in [0.3, 0.4) is 0 Å². The lowest BCUT2D eigenvalue weighted by Crippen LogP contribution is -2.61. The van der Waals surface area contributed by atoms with E-state index in [2.05, 4.69) is 24.3 Å². The topological polar surface area (TPSA) is 129 Å². The summed E-state index contributed by atoms with van der Waals surface area (Å²) in [6, 6.07) is 34.0. The van der Waals surface area contributed by atoms with Gasteiger partial charge in [-0.15, -0.1) is 0 Å². The van der Waals surface area contributed by atoms with Crippen LogP contribution in [-0.4, -0.2) is 49.8 Å². The van der Waals surface area contributed by atoms with Gasteiger partial charge in [-0.3, -0.25) is 0 Å². The summed E-state index contributed by atoms with van der Waals surface area (Å²) in [4.78, 5) is 0. The molecule has 14 heterocycles. The lowest BCUT2D eigenvalue weighted by Gasteiger charge is -2.46. The predicted molar refractivity (Wildman–Crippen MR) is 276 cm³/mol. The van der Waals surface area contributed by atoms with Crippen molar-refractivity contribution in [3.8, 4) is 170 Å². The van der Waals surface area contributed by atoms with E-state index in [0.29, 0.717) is 69.0 Å². The molecule has 14 aliphatic rings. The first kappa shape index (κ1) is 35.7. The van der Waals surface area contributed by atoms with Crippen molar-refractivity contribution in [1.29, 1.82) is 0 Å².